The van der Waals surface area contributed by atoms with Gasteiger partial charge in [-0.1, -0.05) is 30.3 Å². The van der Waals surface area contributed by atoms with Crippen molar-refractivity contribution >= 4 is 28.5 Å². The van der Waals surface area contributed by atoms with E-state index in [1.54, 1.807) is 29.4 Å². The van der Waals surface area contributed by atoms with E-state index in [9.17, 15) is 10.1 Å². The molecule has 2 aromatic carbocycles. The van der Waals surface area contributed by atoms with Crippen molar-refractivity contribution < 1.29 is 9.53 Å². The van der Waals surface area contributed by atoms with E-state index in [4.69, 9.17) is 9.84 Å². The molecule has 158 valence electrons. The first-order valence-corrected chi connectivity index (χ1v) is 10.6. The van der Waals surface area contributed by atoms with Crippen LogP contribution in [0.4, 0.5) is 5.13 Å². The van der Waals surface area contributed by atoms with Crippen molar-refractivity contribution in [1.29, 1.82) is 5.26 Å². The zero-order chi connectivity index (χ0) is 22.3. The van der Waals surface area contributed by atoms with Crippen LogP contribution in [0.25, 0.3) is 17.3 Å². The highest BCUT2D eigenvalue weighted by atomic mass is 32.1. The third-order valence-corrected chi connectivity index (χ3v) is 5.35. The molecule has 1 amide bonds. The van der Waals surface area contributed by atoms with Crippen molar-refractivity contribution in [2.45, 2.75) is 6.54 Å². The van der Waals surface area contributed by atoms with Gasteiger partial charge in [-0.05, 0) is 35.9 Å². The highest BCUT2D eigenvalue weighted by Gasteiger charge is 2.15. The fourth-order valence-corrected chi connectivity index (χ4v) is 3.64. The number of benzene rings is 2. The third kappa shape index (κ3) is 4.91. The molecule has 0 aliphatic rings. The fourth-order valence-electron chi connectivity index (χ4n) is 3.12. The highest BCUT2D eigenvalue weighted by molar-refractivity contribution is 7.13. The molecule has 0 spiro atoms. The Hall–Kier alpha value is -4.22. The number of carbonyl (C=O) groups excluding carboxylic acids is 1. The van der Waals surface area contributed by atoms with E-state index in [2.05, 4.69) is 10.3 Å². The van der Waals surface area contributed by atoms with Crippen molar-refractivity contribution in [3.05, 3.63) is 89.1 Å². The molecule has 2 aromatic heterocycles. The molecule has 0 fully saturated rings. The summed E-state index contributed by atoms with van der Waals surface area (Å²) in [7, 11) is 1.61. The topological polar surface area (TPSA) is 92.8 Å². The van der Waals surface area contributed by atoms with Crippen LogP contribution in [0.3, 0.4) is 0 Å². The number of carbonyl (C=O) groups is 1. The Morgan fingerprint density at radius 1 is 1.22 bits per heavy atom. The zero-order valence-corrected chi connectivity index (χ0v) is 18.0. The van der Waals surface area contributed by atoms with Crippen molar-refractivity contribution in [2.75, 3.05) is 12.4 Å². The van der Waals surface area contributed by atoms with Gasteiger partial charge < -0.3 is 4.74 Å². The number of nitriles is 1. The van der Waals surface area contributed by atoms with Crippen LogP contribution in [-0.2, 0) is 11.3 Å². The SMILES string of the molecule is COc1ccc(-c2nn(Cc3ccccc3)cc2C=C(C#N)C(=O)Nc2nccs2)cc1. The highest BCUT2D eigenvalue weighted by Crippen LogP contribution is 2.27. The second-order valence-corrected chi connectivity index (χ2v) is 7.70. The summed E-state index contributed by atoms with van der Waals surface area (Å²) in [5.74, 6) is 0.217. The standard InChI is InChI=1S/C24H19N5O2S/c1-31-21-9-7-18(8-10-21)22-20(16-29(28-22)15-17-5-3-2-4-6-17)13-19(14-25)23(30)27-24-26-11-12-32-24/h2-13,16H,15H2,1H3,(H,26,27,30). The van der Waals surface area contributed by atoms with Gasteiger partial charge in [0.05, 0.1) is 19.3 Å². The number of hydrogen-bond donors (Lipinski definition) is 1. The Bertz CT molecular complexity index is 1270. The number of amides is 1. The molecule has 0 unspecified atom stereocenters. The first-order chi connectivity index (χ1) is 15.7. The Labute approximate surface area is 189 Å². The first-order valence-electron chi connectivity index (χ1n) is 9.74. The summed E-state index contributed by atoms with van der Waals surface area (Å²) in [6.45, 7) is 0.561. The van der Waals surface area contributed by atoms with Gasteiger partial charge in [-0.2, -0.15) is 10.4 Å². The molecule has 0 bridgehead atoms. The van der Waals surface area contributed by atoms with Crippen LogP contribution in [0, 0.1) is 11.3 Å². The molecule has 4 aromatic rings. The number of anilines is 1. The van der Waals surface area contributed by atoms with Gasteiger partial charge in [-0.3, -0.25) is 14.8 Å². The maximum Gasteiger partial charge on any atom is 0.268 e. The van der Waals surface area contributed by atoms with Gasteiger partial charge in [-0.15, -0.1) is 11.3 Å². The molecule has 4 rings (SSSR count). The minimum Gasteiger partial charge on any atom is -0.497 e. The molecule has 1 N–H and O–H groups in total. The van der Waals surface area contributed by atoms with Gasteiger partial charge in [0.2, 0.25) is 0 Å². The van der Waals surface area contributed by atoms with E-state index >= 15 is 0 Å². The Balaban J connectivity index is 1.71. The first kappa shape index (κ1) is 21.0. The third-order valence-electron chi connectivity index (χ3n) is 4.66. The number of nitrogens with zero attached hydrogens (tertiary/aromatic N) is 4. The van der Waals surface area contributed by atoms with E-state index in [-0.39, 0.29) is 5.57 Å². The number of nitrogens with one attached hydrogen (secondary N) is 1. The lowest BCUT2D eigenvalue weighted by molar-refractivity contribution is -0.112. The van der Waals surface area contributed by atoms with E-state index in [1.165, 1.54) is 11.3 Å². The summed E-state index contributed by atoms with van der Waals surface area (Å²) in [6.07, 6.45) is 4.98. The van der Waals surface area contributed by atoms with Crippen LogP contribution in [-0.4, -0.2) is 27.8 Å². The van der Waals surface area contributed by atoms with Crippen LogP contribution >= 0.6 is 11.3 Å². The van der Waals surface area contributed by atoms with Crippen molar-refractivity contribution in [1.82, 2.24) is 14.8 Å². The Morgan fingerprint density at radius 2 is 2.00 bits per heavy atom. The molecule has 0 aliphatic carbocycles. The van der Waals surface area contributed by atoms with Crippen LogP contribution < -0.4 is 10.1 Å². The molecule has 0 saturated heterocycles. The second kappa shape index (κ2) is 9.73. The Morgan fingerprint density at radius 3 is 2.66 bits per heavy atom. The van der Waals surface area contributed by atoms with Crippen LogP contribution in [0.5, 0.6) is 5.75 Å². The van der Waals surface area contributed by atoms with Crippen LogP contribution in [0.15, 0.2) is 77.9 Å². The smallest absolute Gasteiger partial charge is 0.268 e. The van der Waals surface area contributed by atoms with Gasteiger partial charge in [0, 0.05) is 28.9 Å². The van der Waals surface area contributed by atoms with Gasteiger partial charge in [0.15, 0.2) is 5.13 Å². The van der Waals surface area contributed by atoms with E-state index in [0.29, 0.717) is 22.9 Å². The predicted octanol–water partition coefficient (Wildman–Crippen LogP) is 4.61. The fraction of sp³-hybridized carbons (Fsp3) is 0.0833. The normalized spacial score (nSPS) is 11.1. The summed E-state index contributed by atoms with van der Waals surface area (Å²) in [5, 5.41) is 19.2. The van der Waals surface area contributed by atoms with Gasteiger partial charge in [-0.25, -0.2) is 4.98 Å². The molecule has 8 heteroatoms. The maximum absolute atomic E-state index is 12.6. The maximum atomic E-state index is 12.6. The summed E-state index contributed by atoms with van der Waals surface area (Å²) < 4.78 is 7.04. The van der Waals surface area contributed by atoms with Crippen molar-refractivity contribution in [2.24, 2.45) is 0 Å². The number of thiazole rings is 1. The molecular weight excluding hydrogens is 422 g/mol. The quantitative estimate of drug-likeness (QED) is 0.334. The molecule has 0 atom stereocenters. The number of methoxy groups -OCH3 is 1. The molecule has 7 nitrogen and oxygen atoms in total. The van der Waals surface area contributed by atoms with Crippen molar-refractivity contribution in [3.8, 4) is 23.1 Å². The largest absolute Gasteiger partial charge is 0.497 e. The molecule has 0 radical (unpaired) electrons. The lowest BCUT2D eigenvalue weighted by Gasteiger charge is -2.03. The van der Waals surface area contributed by atoms with E-state index in [1.807, 2.05) is 66.9 Å². The summed E-state index contributed by atoms with van der Waals surface area (Å²) in [6, 6.07) is 19.4. The van der Waals surface area contributed by atoms with E-state index < -0.39 is 5.91 Å². The van der Waals surface area contributed by atoms with Gasteiger partial charge >= 0.3 is 0 Å². The number of aromatic nitrogens is 3. The summed E-state index contributed by atoms with van der Waals surface area (Å²) >= 11 is 1.29. The number of hydrogen-bond acceptors (Lipinski definition) is 6. The minimum absolute atomic E-state index is 0.0331. The van der Waals surface area contributed by atoms with Crippen LogP contribution in [0.2, 0.25) is 0 Å². The molecule has 2 heterocycles. The predicted molar refractivity (Wildman–Crippen MR) is 124 cm³/mol. The second-order valence-electron chi connectivity index (χ2n) is 6.81. The lowest BCUT2D eigenvalue weighted by atomic mass is 10.1. The van der Waals surface area contributed by atoms with Crippen LogP contribution in [0.1, 0.15) is 11.1 Å². The van der Waals surface area contributed by atoms with Gasteiger partial charge in [0.1, 0.15) is 17.4 Å². The lowest BCUT2D eigenvalue weighted by Crippen LogP contribution is -2.13. The average molecular weight is 442 g/mol. The Kier molecular flexibility index (Phi) is 6.39. The minimum atomic E-state index is -0.515. The monoisotopic (exact) mass is 441 g/mol. The molecule has 32 heavy (non-hydrogen) atoms. The molecule has 0 aliphatic heterocycles. The number of rotatable bonds is 7. The summed E-state index contributed by atoms with van der Waals surface area (Å²) in [4.78, 5) is 16.6. The average Bonchev–Trinajstić information content (AvgIpc) is 3.48. The van der Waals surface area contributed by atoms with E-state index in [0.717, 1.165) is 16.9 Å². The molecule has 0 saturated carbocycles. The zero-order valence-electron chi connectivity index (χ0n) is 17.2. The van der Waals surface area contributed by atoms with Gasteiger partial charge in [0.25, 0.3) is 5.91 Å². The summed E-state index contributed by atoms with van der Waals surface area (Å²) in [5.41, 5.74) is 3.24. The van der Waals surface area contributed by atoms with Crippen molar-refractivity contribution in [3.63, 3.8) is 0 Å². The molecular formula is C24H19N5O2S. The number of ether oxygens (including phenoxy) is 1.